The molecule has 0 fully saturated rings. The number of carboxylic acid groups (broad SMARTS) is 1. The standard InChI is InChI=1S/C11H14N2O4S/c1-7-12-8(6-18-7)2-3-10(15)13-9(4-5-14)11(16)17/h2-3,6,9,14H,4-5H2,1H3,(H,13,15)(H,16,17). The van der Waals surface area contributed by atoms with Crippen molar-refractivity contribution in [2.24, 2.45) is 0 Å². The Morgan fingerprint density at radius 3 is 2.83 bits per heavy atom. The maximum absolute atomic E-state index is 11.4. The van der Waals surface area contributed by atoms with Crippen LogP contribution in [0.4, 0.5) is 0 Å². The molecule has 0 saturated heterocycles. The van der Waals surface area contributed by atoms with Crippen LogP contribution in [0.5, 0.6) is 0 Å². The van der Waals surface area contributed by atoms with E-state index in [0.29, 0.717) is 5.69 Å². The Hall–Kier alpha value is -1.73. The minimum atomic E-state index is -1.17. The monoisotopic (exact) mass is 270 g/mol. The van der Waals surface area contributed by atoms with Gasteiger partial charge in [-0.3, -0.25) is 4.79 Å². The van der Waals surface area contributed by atoms with Crippen molar-refractivity contribution in [2.75, 3.05) is 6.61 Å². The Kier molecular flexibility index (Phi) is 5.47. The number of aryl methyl sites for hydroxylation is 1. The summed E-state index contributed by atoms with van der Waals surface area (Å²) in [6.45, 7) is 1.55. The second-order valence-corrected chi connectivity index (χ2v) is 4.60. The van der Waals surface area contributed by atoms with Gasteiger partial charge in [-0.1, -0.05) is 0 Å². The number of thiazole rings is 1. The summed E-state index contributed by atoms with van der Waals surface area (Å²) in [7, 11) is 0. The lowest BCUT2D eigenvalue weighted by molar-refractivity contribution is -0.141. The van der Waals surface area contributed by atoms with Crippen molar-refractivity contribution in [1.29, 1.82) is 0 Å². The summed E-state index contributed by atoms with van der Waals surface area (Å²) in [4.78, 5) is 26.3. The molecule has 0 aromatic carbocycles. The Labute approximate surface area is 108 Å². The number of carbonyl (C=O) groups excluding carboxylic acids is 1. The Morgan fingerprint density at radius 1 is 1.61 bits per heavy atom. The Bertz CT molecular complexity index is 456. The molecular weight excluding hydrogens is 256 g/mol. The summed E-state index contributed by atoms with van der Waals surface area (Å²) in [5.74, 6) is -1.70. The highest BCUT2D eigenvalue weighted by atomic mass is 32.1. The third-order valence-corrected chi connectivity index (χ3v) is 2.87. The van der Waals surface area contributed by atoms with Gasteiger partial charge in [0, 0.05) is 24.5 Å². The average molecular weight is 270 g/mol. The average Bonchev–Trinajstić information content (AvgIpc) is 2.72. The van der Waals surface area contributed by atoms with Gasteiger partial charge in [0.15, 0.2) is 0 Å². The van der Waals surface area contributed by atoms with Crippen LogP contribution in [0.2, 0.25) is 0 Å². The Balaban J connectivity index is 2.54. The molecule has 0 radical (unpaired) electrons. The van der Waals surface area contributed by atoms with Gasteiger partial charge in [0.2, 0.25) is 5.91 Å². The van der Waals surface area contributed by atoms with Gasteiger partial charge in [0.05, 0.1) is 10.7 Å². The van der Waals surface area contributed by atoms with Crippen LogP contribution in [0.1, 0.15) is 17.1 Å². The molecule has 0 saturated carbocycles. The smallest absolute Gasteiger partial charge is 0.326 e. The first-order valence-corrected chi connectivity index (χ1v) is 6.15. The predicted octanol–water partition coefficient (Wildman–Crippen LogP) is 0.417. The zero-order valence-electron chi connectivity index (χ0n) is 9.79. The number of aliphatic hydroxyl groups excluding tert-OH is 1. The number of carboxylic acids is 1. The number of carbonyl (C=O) groups is 2. The van der Waals surface area contributed by atoms with E-state index in [-0.39, 0.29) is 13.0 Å². The van der Waals surface area contributed by atoms with Crippen LogP contribution in [0.25, 0.3) is 6.08 Å². The van der Waals surface area contributed by atoms with Crippen molar-refractivity contribution in [3.8, 4) is 0 Å². The topological polar surface area (TPSA) is 99.5 Å². The molecular formula is C11H14N2O4S. The van der Waals surface area contributed by atoms with Crippen molar-refractivity contribution >= 4 is 29.3 Å². The zero-order chi connectivity index (χ0) is 13.5. The largest absolute Gasteiger partial charge is 0.480 e. The fourth-order valence-electron chi connectivity index (χ4n) is 1.22. The SMILES string of the molecule is Cc1nc(C=CC(=O)NC(CCO)C(=O)O)cs1. The van der Waals surface area contributed by atoms with Crippen molar-refractivity contribution in [3.05, 3.63) is 22.2 Å². The Morgan fingerprint density at radius 2 is 2.33 bits per heavy atom. The molecule has 6 nitrogen and oxygen atoms in total. The second kappa shape index (κ2) is 6.87. The molecule has 1 aromatic rings. The van der Waals surface area contributed by atoms with E-state index in [1.54, 1.807) is 5.38 Å². The van der Waals surface area contributed by atoms with Gasteiger partial charge in [-0.15, -0.1) is 11.3 Å². The lowest BCUT2D eigenvalue weighted by Crippen LogP contribution is -2.40. The van der Waals surface area contributed by atoms with Gasteiger partial charge in [-0.25, -0.2) is 9.78 Å². The van der Waals surface area contributed by atoms with Gasteiger partial charge < -0.3 is 15.5 Å². The quantitative estimate of drug-likeness (QED) is 0.650. The maximum Gasteiger partial charge on any atom is 0.326 e. The van der Waals surface area contributed by atoms with Crippen molar-refractivity contribution < 1.29 is 19.8 Å². The third-order valence-electron chi connectivity index (χ3n) is 2.07. The van der Waals surface area contributed by atoms with Crippen LogP contribution in [-0.4, -0.2) is 39.7 Å². The fraction of sp³-hybridized carbons (Fsp3) is 0.364. The number of hydrogen-bond donors (Lipinski definition) is 3. The molecule has 1 amide bonds. The highest BCUT2D eigenvalue weighted by Crippen LogP contribution is 2.08. The van der Waals surface area contributed by atoms with Gasteiger partial charge in [-0.2, -0.15) is 0 Å². The van der Waals surface area contributed by atoms with Gasteiger partial charge in [0.1, 0.15) is 6.04 Å². The molecule has 0 aliphatic heterocycles. The number of aliphatic carboxylic acids is 1. The molecule has 1 aromatic heterocycles. The molecule has 0 bridgehead atoms. The minimum Gasteiger partial charge on any atom is -0.480 e. The predicted molar refractivity (Wildman–Crippen MR) is 67.2 cm³/mol. The van der Waals surface area contributed by atoms with E-state index in [4.69, 9.17) is 10.2 Å². The molecule has 3 N–H and O–H groups in total. The van der Waals surface area contributed by atoms with Crippen molar-refractivity contribution in [1.82, 2.24) is 10.3 Å². The summed E-state index contributed by atoms with van der Waals surface area (Å²) >= 11 is 1.46. The maximum atomic E-state index is 11.4. The van der Waals surface area contributed by atoms with Crippen LogP contribution in [0.3, 0.4) is 0 Å². The summed E-state index contributed by atoms with van der Waals surface area (Å²) in [5.41, 5.74) is 0.654. The van der Waals surface area contributed by atoms with E-state index < -0.39 is 17.9 Å². The first-order chi connectivity index (χ1) is 8.52. The molecule has 1 atom stereocenters. The van der Waals surface area contributed by atoms with Crippen LogP contribution >= 0.6 is 11.3 Å². The molecule has 1 heterocycles. The molecule has 0 spiro atoms. The number of rotatable bonds is 6. The highest BCUT2D eigenvalue weighted by Gasteiger charge is 2.17. The van der Waals surface area contributed by atoms with Gasteiger partial charge >= 0.3 is 5.97 Å². The summed E-state index contributed by atoms with van der Waals surface area (Å²) in [5, 5.41) is 22.4. The van der Waals surface area contributed by atoms with E-state index in [1.807, 2.05) is 6.92 Å². The molecule has 18 heavy (non-hydrogen) atoms. The molecule has 98 valence electrons. The summed E-state index contributed by atoms with van der Waals surface area (Å²) in [6, 6.07) is -1.08. The van der Waals surface area contributed by atoms with Crippen molar-refractivity contribution in [2.45, 2.75) is 19.4 Å². The van der Waals surface area contributed by atoms with E-state index >= 15 is 0 Å². The number of nitrogens with one attached hydrogen (secondary N) is 1. The first kappa shape index (κ1) is 14.3. The van der Waals surface area contributed by atoms with E-state index in [1.165, 1.54) is 23.5 Å². The third kappa shape index (κ3) is 4.64. The number of hydrogen-bond acceptors (Lipinski definition) is 5. The first-order valence-electron chi connectivity index (χ1n) is 5.27. The number of aromatic nitrogens is 1. The van der Waals surface area contributed by atoms with Gasteiger partial charge in [-0.05, 0) is 13.0 Å². The number of aliphatic hydroxyl groups is 1. The van der Waals surface area contributed by atoms with Crippen LogP contribution in [0.15, 0.2) is 11.5 Å². The lowest BCUT2D eigenvalue weighted by atomic mass is 10.2. The molecule has 1 rings (SSSR count). The number of nitrogens with zero attached hydrogens (tertiary/aromatic N) is 1. The minimum absolute atomic E-state index is 0.0231. The normalized spacial score (nSPS) is 12.6. The van der Waals surface area contributed by atoms with Crippen molar-refractivity contribution in [3.63, 3.8) is 0 Å². The highest BCUT2D eigenvalue weighted by molar-refractivity contribution is 7.09. The van der Waals surface area contributed by atoms with Crippen LogP contribution < -0.4 is 5.32 Å². The molecule has 0 aliphatic rings. The molecule has 7 heteroatoms. The summed E-state index contributed by atoms with van der Waals surface area (Å²) in [6.07, 6.45) is 2.71. The van der Waals surface area contributed by atoms with E-state index in [0.717, 1.165) is 5.01 Å². The van der Waals surface area contributed by atoms with Gasteiger partial charge in [0.25, 0.3) is 0 Å². The number of amides is 1. The second-order valence-electron chi connectivity index (χ2n) is 3.54. The summed E-state index contributed by atoms with van der Waals surface area (Å²) < 4.78 is 0. The fourth-order valence-corrected chi connectivity index (χ4v) is 1.80. The van der Waals surface area contributed by atoms with Crippen LogP contribution in [-0.2, 0) is 9.59 Å². The molecule has 0 aliphatic carbocycles. The van der Waals surface area contributed by atoms with Crippen LogP contribution in [0, 0.1) is 6.92 Å². The molecule has 1 unspecified atom stereocenters. The van der Waals surface area contributed by atoms with E-state index in [2.05, 4.69) is 10.3 Å². The zero-order valence-corrected chi connectivity index (χ0v) is 10.6. The lowest BCUT2D eigenvalue weighted by Gasteiger charge is -2.10. The van der Waals surface area contributed by atoms with E-state index in [9.17, 15) is 9.59 Å².